The standard InChI is InChI=1S/C9H14N4O3.Zn/c10-2-1-8(14)13-7(9(15)16)3-6-4-11-5-12-6;/h4-5,7H,1-3,10H2,(H,11,12)(H,13,14)(H,15,16);/t7-;/m1./s1. The molecule has 0 aliphatic carbocycles. The summed E-state index contributed by atoms with van der Waals surface area (Å²) in [5, 5.41) is 11.3. The number of carboxylic acid groups (broad SMARTS) is 1. The second kappa shape index (κ2) is 7.92. The molecule has 0 saturated heterocycles. The van der Waals surface area contributed by atoms with E-state index in [1.54, 1.807) is 0 Å². The van der Waals surface area contributed by atoms with E-state index in [2.05, 4.69) is 15.3 Å². The molecule has 0 bridgehead atoms. The van der Waals surface area contributed by atoms with Crippen LogP contribution in [0.3, 0.4) is 0 Å². The van der Waals surface area contributed by atoms with Crippen LogP contribution in [0, 0.1) is 0 Å². The Morgan fingerprint density at radius 2 is 2.29 bits per heavy atom. The van der Waals surface area contributed by atoms with Gasteiger partial charge in [-0.3, -0.25) is 4.79 Å². The molecule has 7 nitrogen and oxygen atoms in total. The van der Waals surface area contributed by atoms with Gasteiger partial charge in [0.15, 0.2) is 0 Å². The van der Waals surface area contributed by atoms with Gasteiger partial charge in [0.1, 0.15) is 6.04 Å². The van der Waals surface area contributed by atoms with Gasteiger partial charge in [-0.15, -0.1) is 0 Å². The van der Waals surface area contributed by atoms with Crippen molar-refractivity contribution in [3.8, 4) is 0 Å². The molecule has 90 valence electrons. The van der Waals surface area contributed by atoms with Crippen molar-refractivity contribution >= 4 is 11.9 Å². The van der Waals surface area contributed by atoms with E-state index in [9.17, 15) is 9.59 Å². The number of nitrogens with zero attached hydrogens (tertiary/aromatic N) is 1. The van der Waals surface area contributed by atoms with Gasteiger partial charge in [0.2, 0.25) is 5.91 Å². The summed E-state index contributed by atoms with van der Waals surface area (Å²) in [7, 11) is 0. The molecule has 0 aliphatic rings. The number of carbonyl (C=O) groups is 2. The van der Waals surface area contributed by atoms with Gasteiger partial charge in [0.05, 0.1) is 6.33 Å². The minimum atomic E-state index is -1.08. The number of nitrogens with two attached hydrogens (primary N) is 1. The maximum absolute atomic E-state index is 11.2. The first-order valence-electron chi connectivity index (χ1n) is 4.83. The van der Waals surface area contributed by atoms with Gasteiger partial charge >= 0.3 is 5.97 Å². The van der Waals surface area contributed by atoms with E-state index >= 15 is 0 Å². The van der Waals surface area contributed by atoms with E-state index in [0.29, 0.717) is 5.69 Å². The zero-order valence-electron chi connectivity index (χ0n) is 9.35. The van der Waals surface area contributed by atoms with Crippen LogP contribution in [0.2, 0.25) is 0 Å². The van der Waals surface area contributed by atoms with Gasteiger partial charge in [0, 0.05) is 50.8 Å². The first-order valence-corrected chi connectivity index (χ1v) is 4.83. The van der Waals surface area contributed by atoms with E-state index in [-0.39, 0.29) is 44.8 Å². The Morgan fingerprint density at radius 3 is 2.76 bits per heavy atom. The molecule has 0 fully saturated rings. The summed E-state index contributed by atoms with van der Waals surface area (Å²) in [6.07, 6.45) is 3.26. The molecule has 0 radical (unpaired) electrons. The molecule has 1 aromatic rings. The van der Waals surface area contributed by atoms with Crippen molar-refractivity contribution in [2.24, 2.45) is 5.73 Å². The smallest absolute Gasteiger partial charge is 0.326 e. The zero-order chi connectivity index (χ0) is 12.0. The van der Waals surface area contributed by atoms with Crippen LogP contribution in [0.4, 0.5) is 0 Å². The van der Waals surface area contributed by atoms with Crippen LogP contribution < -0.4 is 11.1 Å². The number of aromatic amines is 1. The number of aromatic nitrogens is 2. The fourth-order valence-electron chi connectivity index (χ4n) is 1.21. The summed E-state index contributed by atoms with van der Waals surface area (Å²) in [5.74, 6) is -1.45. The zero-order valence-corrected chi connectivity index (χ0v) is 12.3. The molecule has 1 aromatic heterocycles. The van der Waals surface area contributed by atoms with E-state index in [0.717, 1.165) is 0 Å². The van der Waals surface area contributed by atoms with Gasteiger partial charge in [-0.05, 0) is 0 Å². The molecule has 17 heavy (non-hydrogen) atoms. The largest absolute Gasteiger partial charge is 0.480 e. The number of hydrogen-bond donors (Lipinski definition) is 4. The Balaban J connectivity index is 0.00000256. The summed E-state index contributed by atoms with van der Waals surface area (Å²) in [4.78, 5) is 28.6. The Labute approximate surface area is 111 Å². The van der Waals surface area contributed by atoms with Crippen LogP contribution in [-0.2, 0) is 35.5 Å². The summed E-state index contributed by atoms with van der Waals surface area (Å²) >= 11 is 0. The molecule has 0 aliphatic heterocycles. The number of carbonyl (C=O) groups excluding carboxylic acids is 1. The van der Waals surface area contributed by atoms with Crippen molar-refractivity contribution in [1.82, 2.24) is 15.3 Å². The predicted molar refractivity (Wildman–Crippen MR) is 55.5 cm³/mol. The molecular formula is C9H14N4O3Zn. The average molecular weight is 292 g/mol. The van der Waals surface area contributed by atoms with Crippen LogP contribution in [0.5, 0.6) is 0 Å². The molecule has 0 saturated carbocycles. The summed E-state index contributed by atoms with van der Waals surface area (Å²) in [5.41, 5.74) is 5.85. The summed E-state index contributed by atoms with van der Waals surface area (Å²) in [6.45, 7) is 0.197. The third kappa shape index (κ3) is 5.56. The number of rotatable bonds is 6. The monoisotopic (exact) mass is 290 g/mol. The van der Waals surface area contributed by atoms with Crippen LogP contribution in [0.25, 0.3) is 0 Å². The van der Waals surface area contributed by atoms with Crippen LogP contribution in [-0.4, -0.2) is 39.5 Å². The maximum Gasteiger partial charge on any atom is 0.326 e. The third-order valence-corrected chi connectivity index (χ3v) is 1.98. The minimum Gasteiger partial charge on any atom is -0.480 e. The number of aliphatic carboxylic acids is 1. The van der Waals surface area contributed by atoms with Gasteiger partial charge in [0.25, 0.3) is 0 Å². The number of carboxylic acids is 1. The van der Waals surface area contributed by atoms with E-state index < -0.39 is 12.0 Å². The number of H-pyrrole nitrogens is 1. The van der Waals surface area contributed by atoms with Crippen molar-refractivity contribution < 1.29 is 34.2 Å². The summed E-state index contributed by atoms with van der Waals surface area (Å²) < 4.78 is 0. The van der Waals surface area contributed by atoms with Crippen molar-refractivity contribution in [3.05, 3.63) is 18.2 Å². The SMILES string of the molecule is NCCC(=O)N[C@H](Cc1cnc[nH]1)C(=O)O.[Zn]. The Kier molecular flexibility index (Phi) is 7.33. The van der Waals surface area contributed by atoms with Crippen LogP contribution in [0.15, 0.2) is 12.5 Å². The van der Waals surface area contributed by atoms with Crippen molar-refractivity contribution in [2.45, 2.75) is 18.9 Å². The Morgan fingerprint density at radius 1 is 1.59 bits per heavy atom. The predicted octanol–water partition coefficient (Wildman–Crippen LogP) is -1.13. The fourth-order valence-corrected chi connectivity index (χ4v) is 1.21. The molecule has 0 unspecified atom stereocenters. The quantitative estimate of drug-likeness (QED) is 0.494. The number of hydrogen-bond acceptors (Lipinski definition) is 4. The van der Waals surface area contributed by atoms with Gasteiger partial charge < -0.3 is 21.1 Å². The molecular weight excluding hydrogens is 278 g/mol. The topological polar surface area (TPSA) is 121 Å². The minimum absolute atomic E-state index is 0. The first kappa shape index (κ1) is 15.7. The molecule has 0 spiro atoms. The van der Waals surface area contributed by atoms with Crippen molar-refractivity contribution in [1.29, 1.82) is 0 Å². The average Bonchev–Trinajstić information content (AvgIpc) is 2.69. The van der Waals surface area contributed by atoms with Gasteiger partial charge in [-0.1, -0.05) is 0 Å². The van der Waals surface area contributed by atoms with Crippen LogP contribution >= 0.6 is 0 Å². The molecule has 1 atom stereocenters. The second-order valence-corrected chi connectivity index (χ2v) is 3.28. The number of imidazole rings is 1. The van der Waals surface area contributed by atoms with Gasteiger partial charge in [-0.25, -0.2) is 9.78 Å². The van der Waals surface area contributed by atoms with Crippen molar-refractivity contribution in [2.75, 3.05) is 6.54 Å². The fraction of sp³-hybridized carbons (Fsp3) is 0.444. The Hall–Kier alpha value is -1.27. The molecule has 5 N–H and O–H groups in total. The van der Waals surface area contributed by atoms with E-state index in [1.807, 2.05) is 0 Å². The van der Waals surface area contributed by atoms with Gasteiger partial charge in [-0.2, -0.15) is 0 Å². The molecule has 1 amide bonds. The molecule has 8 heteroatoms. The molecule has 0 aromatic carbocycles. The Bertz CT molecular complexity index is 355. The molecule has 1 heterocycles. The normalized spacial score (nSPS) is 11.4. The van der Waals surface area contributed by atoms with E-state index in [4.69, 9.17) is 10.8 Å². The first-order chi connectivity index (χ1) is 7.63. The van der Waals surface area contributed by atoms with Crippen molar-refractivity contribution in [3.63, 3.8) is 0 Å². The summed E-state index contributed by atoms with van der Waals surface area (Å²) in [6, 6.07) is -0.959. The maximum atomic E-state index is 11.2. The number of amides is 1. The third-order valence-electron chi connectivity index (χ3n) is 1.98. The number of nitrogens with one attached hydrogen (secondary N) is 2. The van der Waals surface area contributed by atoms with Crippen LogP contribution in [0.1, 0.15) is 12.1 Å². The second-order valence-electron chi connectivity index (χ2n) is 3.28. The van der Waals surface area contributed by atoms with E-state index in [1.165, 1.54) is 12.5 Å². The molecule has 1 rings (SSSR count).